The van der Waals surface area contributed by atoms with E-state index >= 15 is 0 Å². The van der Waals surface area contributed by atoms with Gasteiger partial charge < -0.3 is 19.3 Å². The number of rotatable bonds is 2. The third kappa shape index (κ3) is 2.88. The number of nitrogens with zero attached hydrogens (tertiary/aromatic N) is 2. The zero-order valence-electron chi connectivity index (χ0n) is 11.8. The summed E-state index contributed by atoms with van der Waals surface area (Å²) in [5.74, 6) is 1.71. The Labute approximate surface area is 119 Å². The minimum Gasteiger partial charge on any atom is -0.486 e. The molecule has 5 nitrogen and oxygen atoms in total. The van der Waals surface area contributed by atoms with Gasteiger partial charge in [-0.05, 0) is 24.7 Å². The lowest BCUT2D eigenvalue weighted by Crippen LogP contribution is -2.47. The van der Waals surface area contributed by atoms with Gasteiger partial charge in [-0.2, -0.15) is 0 Å². The molecular formula is C15H20N2O3. The molecule has 20 heavy (non-hydrogen) atoms. The van der Waals surface area contributed by atoms with Crippen molar-refractivity contribution in [2.24, 2.45) is 0 Å². The second-order valence-corrected chi connectivity index (χ2v) is 5.34. The van der Waals surface area contributed by atoms with Gasteiger partial charge in [0, 0.05) is 26.2 Å². The van der Waals surface area contributed by atoms with Crippen molar-refractivity contribution in [1.82, 2.24) is 9.80 Å². The predicted octanol–water partition coefficient (Wildman–Crippen LogP) is 0.774. The van der Waals surface area contributed by atoms with E-state index in [1.54, 1.807) is 0 Å². The van der Waals surface area contributed by atoms with Gasteiger partial charge in [0.25, 0.3) is 0 Å². The number of fused-ring (bicyclic) bond motifs is 1. The number of hydrogen-bond donors (Lipinski definition) is 0. The monoisotopic (exact) mass is 276 g/mol. The average Bonchev–Trinajstić information content (AvgIpc) is 2.48. The summed E-state index contributed by atoms with van der Waals surface area (Å²) >= 11 is 0. The van der Waals surface area contributed by atoms with E-state index in [0.29, 0.717) is 19.6 Å². The molecule has 5 heteroatoms. The van der Waals surface area contributed by atoms with Crippen molar-refractivity contribution in [2.75, 3.05) is 46.4 Å². The van der Waals surface area contributed by atoms with E-state index in [1.807, 2.05) is 23.1 Å². The van der Waals surface area contributed by atoms with Crippen LogP contribution in [0.2, 0.25) is 0 Å². The van der Waals surface area contributed by atoms with Crippen LogP contribution in [0.15, 0.2) is 18.2 Å². The Hall–Kier alpha value is -1.75. The summed E-state index contributed by atoms with van der Waals surface area (Å²) in [5, 5.41) is 0. The molecule has 0 atom stereocenters. The molecule has 2 aliphatic heterocycles. The Balaban J connectivity index is 1.64. The standard InChI is InChI=1S/C15H20N2O3/c1-16-4-6-17(7-5-16)15(18)11-12-2-3-13-14(10-12)20-9-8-19-13/h2-3,10H,4-9,11H2,1H3. The van der Waals surface area contributed by atoms with Crippen LogP contribution < -0.4 is 9.47 Å². The van der Waals surface area contributed by atoms with E-state index in [9.17, 15) is 4.79 Å². The molecule has 108 valence electrons. The summed E-state index contributed by atoms with van der Waals surface area (Å²) in [5.41, 5.74) is 0.984. The van der Waals surface area contributed by atoms with E-state index in [1.165, 1.54) is 0 Å². The Kier molecular flexibility index (Phi) is 3.78. The van der Waals surface area contributed by atoms with Gasteiger partial charge >= 0.3 is 0 Å². The molecular weight excluding hydrogens is 256 g/mol. The maximum Gasteiger partial charge on any atom is 0.227 e. The van der Waals surface area contributed by atoms with Crippen molar-refractivity contribution in [3.8, 4) is 11.5 Å². The number of benzene rings is 1. The van der Waals surface area contributed by atoms with Gasteiger partial charge in [0.05, 0.1) is 6.42 Å². The van der Waals surface area contributed by atoms with Crippen LogP contribution in [0.4, 0.5) is 0 Å². The van der Waals surface area contributed by atoms with E-state index in [2.05, 4.69) is 11.9 Å². The smallest absolute Gasteiger partial charge is 0.227 e. The number of hydrogen-bond acceptors (Lipinski definition) is 4. The van der Waals surface area contributed by atoms with Crippen molar-refractivity contribution >= 4 is 5.91 Å². The van der Waals surface area contributed by atoms with Crippen LogP contribution in [0.3, 0.4) is 0 Å². The molecule has 0 saturated carbocycles. The highest BCUT2D eigenvalue weighted by atomic mass is 16.6. The highest BCUT2D eigenvalue weighted by Gasteiger charge is 2.20. The Morgan fingerprint density at radius 3 is 2.55 bits per heavy atom. The summed E-state index contributed by atoms with van der Waals surface area (Å²) in [6.45, 7) is 4.70. The molecule has 1 amide bonds. The lowest BCUT2D eigenvalue weighted by molar-refractivity contribution is -0.132. The SMILES string of the molecule is CN1CCN(C(=O)Cc2ccc3c(c2)OCCO3)CC1. The van der Waals surface area contributed by atoms with Gasteiger partial charge in [0.1, 0.15) is 13.2 Å². The normalized spacial score (nSPS) is 18.9. The summed E-state index contributed by atoms with van der Waals surface area (Å²) in [7, 11) is 2.09. The van der Waals surface area contributed by atoms with E-state index in [0.717, 1.165) is 43.2 Å². The summed E-state index contributed by atoms with van der Waals surface area (Å²) in [4.78, 5) is 16.5. The van der Waals surface area contributed by atoms with Crippen molar-refractivity contribution in [3.63, 3.8) is 0 Å². The fraction of sp³-hybridized carbons (Fsp3) is 0.533. The minimum atomic E-state index is 0.190. The molecule has 0 N–H and O–H groups in total. The number of piperazine rings is 1. The van der Waals surface area contributed by atoms with Crippen LogP contribution in [0, 0.1) is 0 Å². The first kappa shape index (κ1) is 13.2. The van der Waals surface area contributed by atoms with Crippen LogP contribution in [-0.2, 0) is 11.2 Å². The molecule has 0 spiro atoms. The fourth-order valence-electron chi connectivity index (χ4n) is 2.54. The fourth-order valence-corrected chi connectivity index (χ4v) is 2.54. The summed E-state index contributed by atoms with van der Waals surface area (Å²) in [6.07, 6.45) is 0.431. The number of carbonyl (C=O) groups is 1. The van der Waals surface area contributed by atoms with Crippen molar-refractivity contribution < 1.29 is 14.3 Å². The third-order valence-electron chi connectivity index (χ3n) is 3.82. The summed E-state index contributed by atoms with van der Waals surface area (Å²) < 4.78 is 11.0. The molecule has 1 saturated heterocycles. The zero-order chi connectivity index (χ0) is 13.9. The minimum absolute atomic E-state index is 0.190. The summed E-state index contributed by atoms with van der Waals surface area (Å²) in [6, 6.07) is 5.75. The average molecular weight is 276 g/mol. The van der Waals surface area contributed by atoms with Gasteiger partial charge in [-0.15, -0.1) is 0 Å². The van der Waals surface area contributed by atoms with Crippen LogP contribution in [0.5, 0.6) is 11.5 Å². The van der Waals surface area contributed by atoms with E-state index in [-0.39, 0.29) is 5.91 Å². The first-order chi connectivity index (χ1) is 9.72. The highest BCUT2D eigenvalue weighted by Crippen LogP contribution is 2.30. The molecule has 1 aromatic rings. The molecule has 0 aliphatic carbocycles. The molecule has 2 heterocycles. The number of likely N-dealkylation sites (N-methyl/N-ethyl adjacent to an activating group) is 1. The third-order valence-corrected chi connectivity index (χ3v) is 3.82. The first-order valence-corrected chi connectivity index (χ1v) is 7.07. The van der Waals surface area contributed by atoms with Crippen molar-refractivity contribution in [1.29, 1.82) is 0 Å². The number of amides is 1. The molecule has 0 aromatic heterocycles. The molecule has 1 fully saturated rings. The van der Waals surface area contributed by atoms with Crippen LogP contribution in [0.25, 0.3) is 0 Å². The highest BCUT2D eigenvalue weighted by molar-refractivity contribution is 5.79. The van der Waals surface area contributed by atoms with Crippen LogP contribution in [-0.4, -0.2) is 62.1 Å². The van der Waals surface area contributed by atoms with Crippen LogP contribution in [0.1, 0.15) is 5.56 Å². The van der Waals surface area contributed by atoms with E-state index in [4.69, 9.17) is 9.47 Å². The lowest BCUT2D eigenvalue weighted by atomic mass is 10.1. The number of carbonyl (C=O) groups excluding carboxylic acids is 1. The topological polar surface area (TPSA) is 42.0 Å². The van der Waals surface area contributed by atoms with Crippen molar-refractivity contribution in [2.45, 2.75) is 6.42 Å². The molecule has 2 aliphatic rings. The van der Waals surface area contributed by atoms with Crippen molar-refractivity contribution in [3.05, 3.63) is 23.8 Å². The second-order valence-electron chi connectivity index (χ2n) is 5.34. The molecule has 0 radical (unpaired) electrons. The largest absolute Gasteiger partial charge is 0.486 e. The zero-order valence-corrected chi connectivity index (χ0v) is 11.8. The molecule has 0 unspecified atom stereocenters. The first-order valence-electron chi connectivity index (χ1n) is 7.07. The van der Waals surface area contributed by atoms with Gasteiger partial charge in [-0.3, -0.25) is 4.79 Å². The molecule has 0 bridgehead atoms. The maximum absolute atomic E-state index is 12.3. The number of ether oxygens (including phenoxy) is 2. The predicted molar refractivity (Wildman–Crippen MR) is 75.2 cm³/mol. The Morgan fingerprint density at radius 2 is 1.80 bits per heavy atom. The molecule has 3 rings (SSSR count). The van der Waals surface area contributed by atoms with Gasteiger partial charge in [-0.25, -0.2) is 0 Å². The Morgan fingerprint density at radius 1 is 1.10 bits per heavy atom. The second kappa shape index (κ2) is 5.71. The van der Waals surface area contributed by atoms with Gasteiger partial charge in [0.15, 0.2) is 11.5 Å². The van der Waals surface area contributed by atoms with E-state index < -0.39 is 0 Å². The molecule has 1 aromatic carbocycles. The Bertz CT molecular complexity index is 496. The maximum atomic E-state index is 12.3. The van der Waals surface area contributed by atoms with Gasteiger partial charge in [0.2, 0.25) is 5.91 Å². The van der Waals surface area contributed by atoms with Crippen LogP contribution >= 0.6 is 0 Å². The lowest BCUT2D eigenvalue weighted by Gasteiger charge is -2.32. The van der Waals surface area contributed by atoms with Gasteiger partial charge in [-0.1, -0.05) is 6.07 Å². The quantitative estimate of drug-likeness (QED) is 0.800.